The minimum atomic E-state index is -4.86. The van der Waals surface area contributed by atoms with Gasteiger partial charge in [-0.1, -0.05) is 29.2 Å². The van der Waals surface area contributed by atoms with Crippen LogP contribution in [0.15, 0.2) is 39.5 Å². The lowest BCUT2D eigenvalue weighted by Crippen LogP contribution is -2.41. The average Bonchev–Trinajstić information content (AvgIpc) is 2.69. The number of likely N-dealkylation sites (N-methyl/N-ethyl adjacent to an activating group) is 1. The molecular formula is C21H20BClNO8P. The molecule has 0 bridgehead atoms. The van der Waals surface area contributed by atoms with Crippen molar-refractivity contribution >= 4 is 43.7 Å². The fraction of sp³-hybridized carbons (Fsp3) is 0.286. The molecule has 0 saturated carbocycles. The van der Waals surface area contributed by atoms with E-state index < -0.39 is 36.8 Å². The molecule has 1 aliphatic rings. The van der Waals surface area contributed by atoms with Crippen LogP contribution in [0.4, 0.5) is 0 Å². The van der Waals surface area contributed by atoms with Gasteiger partial charge >= 0.3 is 7.82 Å². The number of piperidine rings is 1. The van der Waals surface area contributed by atoms with Crippen molar-refractivity contribution in [3.63, 3.8) is 0 Å². The highest BCUT2D eigenvalue weighted by atomic mass is 35.5. The van der Waals surface area contributed by atoms with E-state index in [1.807, 2.05) is 4.90 Å². The van der Waals surface area contributed by atoms with Crippen LogP contribution in [0.1, 0.15) is 17.9 Å². The molecule has 2 aromatic carbocycles. The van der Waals surface area contributed by atoms with Crippen molar-refractivity contribution < 1.29 is 33.5 Å². The fourth-order valence-corrected chi connectivity index (χ4v) is 5.02. The quantitative estimate of drug-likeness (QED) is 0.319. The molecule has 172 valence electrons. The number of phosphoric acid groups is 1. The average molecular weight is 492 g/mol. The Kier molecular flexibility index (Phi) is 6.35. The van der Waals surface area contributed by atoms with Gasteiger partial charge in [-0.05, 0) is 26.1 Å². The van der Waals surface area contributed by atoms with Crippen LogP contribution in [0, 0.1) is 0 Å². The number of likely N-dealkylation sites (tertiary alicyclic amines) is 1. The van der Waals surface area contributed by atoms with E-state index in [0.29, 0.717) is 18.5 Å². The van der Waals surface area contributed by atoms with E-state index in [-0.39, 0.29) is 39.3 Å². The Hall–Kier alpha value is -2.33. The summed E-state index contributed by atoms with van der Waals surface area (Å²) in [7, 11) is 2.77. The number of hydrogen-bond acceptors (Lipinski definition) is 7. The number of phenols is 2. The third-order valence-electron chi connectivity index (χ3n) is 5.70. The van der Waals surface area contributed by atoms with Gasteiger partial charge in [-0.15, -0.1) is 0 Å². The van der Waals surface area contributed by atoms with Crippen LogP contribution in [-0.2, 0) is 9.09 Å². The molecule has 1 aromatic heterocycles. The Bertz CT molecular complexity index is 1340. The summed E-state index contributed by atoms with van der Waals surface area (Å²) in [5, 5.41) is 21.1. The number of aromatic hydroxyl groups is 2. The Labute approximate surface area is 194 Å². The predicted molar refractivity (Wildman–Crippen MR) is 123 cm³/mol. The van der Waals surface area contributed by atoms with Gasteiger partial charge in [-0.3, -0.25) is 9.32 Å². The summed E-state index contributed by atoms with van der Waals surface area (Å²) < 4.78 is 22.6. The van der Waals surface area contributed by atoms with Crippen molar-refractivity contribution in [1.82, 2.24) is 4.90 Å². The zero-order chi connectivity index (χ0) is 24.1. The van der Waals surface area contributed by atoms with Gasteiger partial charge in [0.15, 0.2) is 5.43 Å². The van der Waals surface area contributed by atoms with E-state index in [0.717, 1.165) is 12.1 Å². The first-order valence-electron chi connectivity index (χ1n) is 9.95. The molecule has 0 aliphatic carbocycles. The number of nitrogens with zero attached hydrogens (tertiary/aromatic N) is 1. The van der Waals surface area contributed by atoms with Crippen molar-refractivity contribution in [1.29, 1.82) is 0 Å². The van der Waals surface area contributed by atoms with Gasteiger partial charge < -0.3 is 29.3 Å². The second-order valence-corrected chi connectivity index (χ2v) is 9.58. The molecule has 1 aliphatic heterocycles. The maximum Gasteiger partial charge on any atom is 0.469 e. The molecule has 9 nitrogen and oxygen atoms in total. The number of phenolic OH excluding ortho intramolecular Hbond substituents is 2. The molecule has 33 heavy (non-hydrogen) atoms. The Balaban J connectivity index is 1.98. The van der Waals surface area contributed by atoms with E-state index in [2.05, 4.69) is 0 Å². The zero-order valence-electron chi connectivity index (χ0n) is 17.4. The lowest BCUT2D eigenvalue weighted by molar-refractivity contribution is 0.0544. The van der Waals surface area contributed by atoms with Crippen molar-refractivity contribution in [3.05, 3.63) is 51.1 Å². The molecule has 4 rings (SSSR count). The fourth-order valence-electron chi connectivity index (χ4n) is 4.24. The molecule has 2 atom stereocenters. The first-order valence-corrected chi connectivity index (χ1v) is 11.9. The minimum absolute atomic E-state index is 0.0523. The largest absolute Gasteiger partial charge is 0.507 e. The summed E-state index contributed by atoms with van der Waals surface area (Å²) in [6.45, 7) is 0.682. The highest BCUT2D eigenvalue weighted by molar-refractivity contribution is 7.46. The highest BCUT2D eigenvalue weighted by Crippen LogP contribution is 2.47. The first kappa shape index (κ1) is 23.8. The second-order valence-electron chi connectivity index (χ2n) is 8.01. The van der Waals surface area contributed by atoms with Crippen molar-refractivity contribution in [3.8, 4) is 22.8 Å². The van der Waals surface area contributed by atoms with Crippen LogP contribution in [0.5, 0.6) is 11.5 Å². The van der Waals surface area contributed by atoms with Crippen molar-refractivity contribution in [2.24, 2.45) is 0 Å². The smallest absolute Gasteiger partial charge is 0.469 e. The van der Waals surface area contributed by atoms with Crippen LogP contribution in [0.25, 0.3) is 22.3 Å². The molecule has 0 amide bonds. The molecule has 1 fully saturated rings. The van der Waals surface area contributed by atoms with Gasteiger partial charge in [0.1, 0.15) is 36.1 Å². The molecule has 0 unspecified atom stereocenters. The maximum absolute atomic E-state index is 13.0. The first-order chi connectivity index (χ1) is 15.5. The third kappa shape index (κ3) is 4.68. The number of benzene rings is 2. The monoisotopic (exact) mass is 491 g/mol. The van der Waals surface area contributed by atoms with E-state index in [9.17, 15) is 29.4 Å². The number of phosphoric ester groups is 1. The summed E-state index contributed by atoms with van der Waals surface area (Å²) in [5.74, 6) is -1.58. The summed E-state index contributed by atoms with van der Waals surface area (Å²) in [6, 6.07) is 6.97. The molecule has 3 aromatic rings. The maximum atomic E-state index is 13.0. The molecule has 12 heteroatoms. The van der Waals surface area contributed by atoms with Crippen LogP contribution >= 0.6 is 19.4 Å². The molecule has 2 radical (unpaired) electrons. The Morgan fingerprint density at radius 3 is 2.67 bits per heavy atom. The van der Waals surface area contributed by atoms with Crippen molar-refractivity contribution in [2.45, 2.75) is 18.4 Å². The van der Waals surface area contributed by atoms with Crippen LogP contribution in [-0.4, -0.2) is 59.0 Å². The SMILES string of the molecule is [B]c1cccc(-c2cc(=O)c3c(O)cc(O)c([C@H]4CCN(C)C[C@H]4OP(=O)(O)O)c3o2)c1Cl. The molecule has 0 spiro atoms. The topological polar surface area (TPSA) is 141 Å². The number of rotatable bonds is 4. The van der Waals surface area contributed by atoms with Crippen LogP contribution in [0.2, 0.25) is 5.02 Å². The van der Waals surface area contributed by atoms with Gasteiger partial charge in [0.2, 0.25) is 0 Å². The van der Waals surface area contributed by atoms with E-state index in [1.54, 1.807) is 25.2 Å². The van der Waals surface area contributed by atoms with Gasteiger partial charge in [0.05, 0.1) is 6.10 Å². The van der Waals surface area contributed by atoms with Crippen molar-refractivity contribution in [2.75, 3.05) is 20.1 Å². The van der Waals surface area contributed by atoms with E-state index in [4.69, 9.17) is 28.4 Å². The van der Waals surface area contributed by atoms with E-state index in [1.165, 1.54) is 0 Å². The third-order valence-corrected chi connectivity index (χ3v) is 6.66. The summed E-state index contributed by atoms with van der Waals surface area (Å²) in [6.07, 6.45) is -0.685. The Morgan fingerprint density at radius 1 is 1.24 bits per heavy atom. The summed E-state index contributed by atoms with van der Waals surface area (Å²) >= 11 is 6.30. The van der Waals surface area contributed by atoms with Crippen LogP contribution < -0.4 is 10.9 Å². The zero-order valence-corrected chi connectivity index (χ0v) is 19.1. The number of halogens is 1. The van der Waals surface area contributed by atoms with Crippen LogP contribution in [0.3, 0.4) is 0 Å². The normalized spacial score (nSPS) is 19.8. The highest BCUT2D eigenvalue weighted by Gasteiger charge is 2.38. The predicted octanol–water partition coefficient (Wildman–Crippen LogP) is 2.22. The molecule has 4 N–H and O–H groups in total. The molecular weight excluding hydrogens is 471 g/mol. The molecule has 2 heterocycles. The standard InChI is InChI=1S/C21H20BClNO8P/c1-24-6-5-10(17(9-24)32-33(28,29)30)18-13(25)7-14(26)19-15(27)8-16(31-21(18)19)11-3-2-4-12(22)20(11)23/h2-4,7-8,10,17,25-26H,5-6,9H2,1H3,(H2,28,29,30)/t10-,17+/m0/s1. The van der Waals surface area contributed by atoms with E-state index >= 15 is 0 Å². The van der Waals surface area contributed by atoms with Gasteiger partial charge in [-0.25, -0.2) is 4.57 Å². The number of fused-ring (bicyclic) bond motifs is 1. The van der Waals surface area contributed by atoms with Gasteiger partial charge in [0, 0.05) is 40.7 Å². The van der Waals surface area contributed by atoms with Gasteiger partial charge in [-0.2, -0.15) is 0 Å². The lowest BCUT2D eigenvalue weighted by atomic mass is 9.85. The Morgan fingerprint density at radius 2 is 1.97 bits per heavy atom. The number of hydrogen-bond donors (Lipinski definition) is 4. The minimum Gasteiger partial charge on any atom is -0.507 e. The van der Waals surface area contributed by atoms with Gasteiger partial charge in [0.25, 0.3) is 0 Å². The lowest BCUT2D eigenvalue weighted by Gasteiger charge is -2.36. The molecule has 1 saturated heterocycles. The second kappa shape index (κ2) is 8.79. The summed E-state index contributed by atoms with van der Waals surface area (Å²) in [5.41, 5.74) is -0.0169. The summed E-state index contributed by atoms with van der Waals surface area (Å²) in [4.78, 5) is 33.6.